The van der Waals surface area contributed by atoms with E-state index in [2.05, 4.69) is 67.8 Å². The summed E-state index contributed by atoms with van der Waals surface area (Å²) in [5.41, 5.74) is 7.15. The number of unbranched alkanes of at least 4 members (excludes halogenated alkanes) is 3. The van der Waals surface area contributed by atoms with Crippen molar-refractivity contribution in [2.75, 3.05) is 0 Å². The van der Waals surface area contributed by atoms with E-state index in [1.54, 1.807) is 3.59 Å². The Balaban J connectivity index is 1.77. The first kappa shape index (κ1) is 33.4. The quantitative estimate of drug-likeness (QED) is 0.139. The number of carbonyl (C=O) groups is 1. The summed E-state index contributed by atoms with van der Waals surface area (Å²) in [5.74, 6) is 0.347. The number of hydrogen-bond acceptors (Lipinski definition) is 2. The van der Waals surface area contributed by atoms with Crippen molar-refractivity contribution in [3.05, 3.63) is 62.7 Å². The van der Waals surface area contributed by atoms with Gasteiger partial charge in [0.1, 0.15) is 0 Å². The zero-order valence-electron chi connectivity index (χ0n) is 28.6. The molecule has 2 aromatic carbocycles. The van der Waals surface area contributed by atoms with Crippen LogP contribution >= 0.6 is 0 Å². The second-order valence-corrected chi connectivity index (χ2v) is 28.2. The summed E-state index contributed by atoms with van der Waals surface area (Å²) >= 11 is -2.77. The molecule has 0 atom stereocenters. The fourth-order valence-electron chi connectivity index (χ4n) is 8.06. The van der Waals surface area contributed by atoms with Crippen molar-refractivity contribution in [2.45, 2.75) is 144 Å². The Morgan fingerprint density at radius 2 is 1.52 bits per heavy atom. The first-order valence-corrected chi connectivity index (χ1v) is 25.4. The summed E-state index contributed by atoms with van der Waals surface area (Å²) < 4.78 is 14.8. The van der Waals surface area contributed by atoms with E-state index < -0.39 is 24.0 Å². The topological polar surface area (TPSA) is 31.2 Å². The van der Waals surface area contributed by atoms with E-state index in [0.717, 1.165) is 6.54 Å². The molecule has 1 aliphatic carbocycles. The molecule has 44 heavy (non-hydrogen) atoms. The normalized spacial score (nSPS) is 15.9. The number of fused-ring (bicyclic) bond motifs is 5. The Labute approximate surface area is 271 Å². The summed E-state index contributed by atoms with van der Waals surface area (Å²) in [6.07, 6.45) is 17.1. The van der Waals surface area contributed by atoms with E-state index in [1.807, 2.05) is 26.8 Å². The molecule has 0 unspecified atom stereocenters. The predicted molar refractivity (Wildman–Crippen MR) is 191 cm³/mol. The zero-order chi connectivity index (χ0) is 31.3. The molecule has 0 N–H and O–H groups in total. The third-order valence-electron chi connectivity index (χ3n) is 10.3. The van der Waals surface area contributed by atoms with Crippen molar-refractivity contribution in [1.29, 1.82) is 0 Å². The van der Waals surface area contributed by atoms with Crippen LogP contribution in [0, 0.1) is 0 Å². The molecule has 1 aromatic heterocycles. The molecule has 1 fully saturated rings. The molecular formula is C40H57NO2Sn. The van der Waals surface area contributed by atoms with Crippen LogP contribution in [0.2, 0.25) is 13.3 Å². The Kier molecular flexibility index (Phi) is 11.1. The van der Waals surface area contributed by atoms with Gasteiger partial charge in [-0.1, -0.05) is 0 Å². The van der Waals surface area contributed by atoms with Crippen LogP contribution in [-0.2, 0) is 11.3 Å². The number of benzene rings is 2. The van der Waals surface area contributed by atoms with E-state index in [9.17, 15) is 4.79 Å². The molecule has 0 bridgehead atoms. The maximum absolute atomic E-state index is 13.4. The average Bonchev–Trinajstić information content (AvgIpc) is 3.22. The van der Waals surface area contributed by atoms with Gasteiger partial charge < -0.3 is 0 Å². The van der Waals surface area contributed by atoms with Crippen LogP contribution in [-0.4, -0.2) is 34.5 Å². The van der Waals surface area contributed by atoms with Crippen molar-refractivity contribution < 1.29 is 9.53 Å². The Morgan fingerprint density at radius 3 is 2.14 bits per heavy atom. The van der Waals surface area contributed by atoms with Gasteiger partial charge in [0.15, 0.2) is 0 Å². The molecule has 4 heteroatoms. The van der Waals surface area contributed by atoms with Crippen molar-refractivity contribution >= 4 is 41.3 Å². The maximum atomic E-state index is 13.4. The first-order chi connectivity index (χ1) is 21.2. The van der Waals surface area contributed by atoms with Crippen LogP contribution in [0.25, 0.3) is 28.2 Å². The van der Waals surface area contributed by atoms with Crippen LogP contribution in [0.15, 0.2) is 46.1 Å². The van der Waals surface area contributed by atoms with Crippen molar-refractivity contribution in [1.82, 2.24) is 4.57 Å². The minimum absolute atomic E-state index is 0.221. The number of rotatable bonds is 12. The SMILES string of the molecule is CCC[CH2][Sn]([CH2]CCC)([CH2]CCC)[C]1=Cc2ccccc2-c2c(C3CCCCC3)c3ccc(C(=O)OC(C)(C)C)cc3n2C1. The Bertz CT molecular complexity index is 1440. The van der Waals surface area contributed by atoms with Gasteiger partial charge in [0.2, 0.25) is 0 Å². The van der Waals surface area contributed by atoms with Gasteiger partial charge in [0.25, 0.3) is 0 Å². The third kappa shape index (κ3) is 7.18. The van der Waals surface area contributed by atoms with E-state index >= 15 is 0 Å². The number of allylic oxidation sites excluding steroid dienone is 1. The van der Waals surface area contributed by atoms with Crippen LogP contribution < -0.4 is 0 Å². The van der Waals surface area contributed by atoms with Gasteiger partial charge in [-0.3, -0.25) is 0 Å². The molecule has 5 rings (SSSR count). The first-order valence-electron chi connectivity index (χ1n) is 17.9. The van der Waals surface area contributed by atoms with Crippen LogP contribution in [0.1, 0.15) is 140 Å². The molecule has 2 heterocycles. The second kappa shape index (κ2) is 14.6. The van der Waals surface area contributed by atoms with Gasteiger partial charge >= 0.3 is 273 Å². The Hall–Kier alpha value is -2.01. The monoisotopic (exact) mass is 703 g/mol. The van der Waals surface area contributed by atoms with Gasteiger partial charge in [-0.15, -0.1) is 0 Å². The van der Waals surface area contributed by atoms with Crippen LogP contribution in [0.3, 0.4) is 0 Å². The molecule has 3 nitrogen and oxygen atoms in total. The number of aromatic nitrogens is 1. The summed E-state index contributed by atoms with van der Waals surface area (Å²) in [4.78, 5) is 13.4. The third-order valence-corrected chi connectivity index (χ3v) is 26.3. The van der Waals surface area contributed by atoms with Crippen molar-refractivity contribution in [2.24, 2.45) is 0 Å². The predicted octanol–water partition coefficient (Wildman–Crippen LogP) is 12.1. The summed E-state index contributed by atoms with van der Waals surface area (Å²) in [6, 6.07) is 15.7. The molecule has 3 aromatic rings. The molecule has 0 saturated heterocycles. The summed E-state index contributed by atoms with van der Waals surface area (Å²) in [7, 11) is 0. The molecule has 1 saturated carbocycles. The molecule has 0 spiro atoms. The molecule has 1 aliphatic heterocycles. The van der Waals surface area contributed by atoms with E-state index in [-0.39, 0.29) is 5.97 Å². The van der Waals surface area contributed by atoms with Crippen molar-refractivity contribution in [3.8, 4) is 11.3 Å². The number of carbonyl (C=O) groups excluding carboxylic acids is 1. The van der Waals surface area contributed by atoms with Gasteiger partial charge in [-0.05, 0) is 0 Å². The zero-order valence-corrected chi connectivity index (χ0v) is 31.4. The van der Waals surface area contributed by atoms with E-state index in [1.165, 1.54) is 117 Å². The molecule has 2 aliphatic rings. The summed E-state index contributed by atoms with van der Waals surface area (Å²) in [6.45, 7) is 14.0. The van der Waals surface area contributed by atoms with Crippen molar-refractivity contribution in [3.63, 3.8) is 0 Å². The minimum atomic E-state index is -2.77. The van der Waals surface area contributed by atoms with Gasteiger partial charge in [0, 0.05) is 0 Å². The standard InChI is InChI=1S/C28H30NO2.3C4H9.Sn/c1-28(2,3)31-27(30)21-15-16-23-24(18-21)29-17-9-13-19-10-7-8-14-22(19)26(29)25(23)20-11-5-4-6-12-20;3*1-3-4-2;/h7-8,10,13-16,18,20H,4-6,11-12,17H2,1-3H3;3*1,3-4H2,2H3;. The molecule has 0 radical (unpaired) electrons. The van der Waals surface area contributed by atoms with E-state index in [4.69, 9.17) is 4.74 Å². The van der Waals surface area contributed by atoms with Crippen LogP contribution in [0.5, 0.6) is 0 Å². The molecule has 238 valence electrons. The number of hydrogen-bond donors (Lipinski definition) is 0. The van der Waals surface area contributed by atoms with Gasteiger partial charge in [-0.25, -0.2) is 0 Å². The van der Waals surface area contributed by atoms with Gasteiger partial charge in [0.05, 0.1) is 0 Å². The number of nitrogens with zero attached hydrogens (tertiary/aromatic N) is 1. The van der Waals surface area contributed by atoms with Gasteiger partial charge in [-0.2, -0.15) is 0 Å². The van der Waals surface area contributed by atoms with E-state index in [0.29, 0.717) is 11.5 Å². The van der Waals surface area contributed by atoms with Crippen LogP contribution in [0.4, 0.5) is 0 Å². The number of ether oxygens (including phenoxy) is 1. The molecule has 0 amide bonds. The Morgan fingerprint density at radius 1 is 0.886 bits per heavy atom. The molecular weight excluding hydrogens is 645 g/mol. The fraction of sp³-hybridized carbons (Fsp3) is 0.575. The second-order valence-electron chi connectivity index (χ2n) is 14.8. The average molecular weight is 703 g/mol. The fourth-order valence-corrected chi connectivity index (χ4v) is 24.5. The number of esters is 1. The summed E-state index contributed by atoms with van der Waals surface area (Å²) in [5, 5.41) is 1.35.